The van der Waals surface area contributed by atoms with Gasteiger partial charge in [-0.05, 0) is 34.9 Å². The Kier molecular flexibility index (Phi) is 5.63. The Morgan fingerprint density at radius 3 is 2.64 bits per heavy atom. The van der Waals surface area contributed by atoms with Gasteiger partial charge in [0.1, 0.15) is 0 Å². The Labute approximate surface area is 134 Å². The van der Waals surface area contributed by atoms with Gasteiger partial charge in [0.25, 0.3) is 0 Å². The first-order valence-corrected chi connectivity index (χ1v) is 8.57. The Bertz CT molecular complexity index is 524. The van der Waals surface area contributed by atoms with Crippen LogP contribution in [-0.4, -0.2) is 17.4 Å². The summed E-state index contributed by atoms with van der Waals surface area (Å²) in [5.74, 6) is 1.16. The van der Waals surface area contributed by atoms with E-state index in [4.69, 9.17) is 5.73 Å². The van der Waals surface area contributed by atoms with E-state index in [0.29, 0.717) is 18.3 Å². The van der Waals surface area contributed by atoms with Gasteiger partial charge in [0.15, 0.2) is 0 Å². The fourth-order valence-electron chi connectivity index (χ4n) is 3.06. The molecule has 0 bridgehead atoms. The van der Waals surface area contributed by atoms with E-state index in [-0.39, 0.29) is 11.9 Å². The van der Waals surface area contributed by atoms with Crippen LogP contribution in [0.5, 0.6) is 0 Å². The predicted molar refractivity (Wildman–Crippen MR) is 91.4 cm³/mol. The number of rotatable bonds is 5. The van der Waals surface area contributed by atoms with Crippen LogP contribution in [0, 0.1) is 11.8 Å². The largest absolute Gasteiger partial charge is 0.338 e. The minimum Gasteiger partial charge on any atom is -0.338 e. The quantitative estimate of drug-likeness (QED) is 0.902. The second-order valence-corrected chi connectivity index (χ2v) is 7.10. The molecular formula is C19H30N2O. The zero-order valence-corrected chi connectivity index (χ0v) is 14.4. The highest BCUT2D eigenvalue weighted by Gasteiger charge is 2.22. The average molecular weight is 302 g/mol. The summed E-state index contributed by atoms with van der Waals surface area (Å²) in [6.45, 7) is 10.1. The SMILES string of the molecule is CCC(C)C(N)c1ccc2c(c1)CN(C(=O)CC(C)C)CC2. The summed E-state index contributed by atoms with van der Waals surface area (Å²) in [5.41, 5.74) is 10.2. The summed E-state index contributed by atoms with van der Waals surface area (Å²) in [6, 6.07) is 6.68. The van der Waals surface area contributed by atoms with Crippen LogP contribution in [0.4, 0.5) is 0 Å². The predicted octanol–water partition coefficient (Wildman–Crippen LogP) is 3.66. The standard InChI is InChI=1S/C19H30N2O/c1-5-14(4)19(20)16-7-6-15-8-9-21(12-17(15)11-16)18(22)10-13(2)3/h6-7,11,13-14,19H,5,8-10,12,20H2,1-4H3. The fourth-order valence-corrected chi connectivity index (χ4v) is 3.06. The van der Waals surface area contributed by atoms with Crippen LogP contribution in [0.2, 0.25) is 0 Å². The third kappa shape index (κ3) is 3.89. The molecule has 2 N–H and O–H groups in total. The van der Waals surface area contributed by atoms with E-state index >= 15 is 0 Å². The first-order chi connectivity index (χ1) is 10.4. The third-order valence-electron chi connectivity index (χ3n) is 4.82. The summed E-state index contributed by atoms with van der Waals surface area (Å²) in [6.07, 6.45) is 2.68. The van der Waals surface area contributed by atoms with Crippen molar-refractivity contribution < 1.29 is 4.79 Å². The molecule has 0 fully saturated rings. The van der Waals surface area contributed by atoms with E-state index in [1.807, 2.05) is 4.90 Å². The van der Waals surface area contributed by atoms with Gasteiger partial charge in [0.2, 0.25) is 5.91 Å². The molecule has 1 aromatic rings. The lowest BCUT2D eigenvalue weighted by Crippen LogP contribution is -2.36. The topological polar surface area (TPSA) is 46.3 Å². The van der Waals surface area contributed by atoms with E-state index in [1.165, 1.54) is 16.7 Å². The van der Waals surface area contributed by atoms with Crippen molar-refractivity contribution in [2.24, 2.45) is 17.6 Å². The van der Waals surface area contributed by atoms with Gasteiger partial charge < -0.3 is 10.6 Å². The molecule has 2 unspecified atom stereocenters. The van der Waals surface area contributed by atoms with Gasteiger partial charge in [0, 0.05) is 25.6 Å². The first-order valence-electron chi connectivity index (χ1n) is 8.57. The van der Waals surface area contributed by atoms with E-state index < -0.39 is 0 Å². The highest BCUT2D eigenvalue weighted by molar-refractivity contribution is 5.76. The number of hydrogen-bond acceptors (Lipinski definition) is 2. The second-order valence-electron chi connectivity index (χ2n) is 7.10. The summed E-state index contributed by atoms with van der Waals surface area (Å²) < 4.78 is 0. The molecule has 1 aromatic carbocycles. The molecule has 1 aliphatic rings. The minimum absolute atomic E-state index is 0.0806. The Morgan fingerprint density at radius 1 is 1.27 bits per heavy atom. The van der Waals surface area contributed by atoms with Crippen LogP contribution in [0.1, 0.15) is 63.3 Å². The maximum absolute atomic E-state index is 12.3. The lowest BCUT2D eigenvalue weighted by molar-refractivity contribution is -0.132. The lowest BCUT2D eigenvalue weighted by Gasteiger charge is -2.30. The zero-order valence-electron chi connectivity index (χ0n) is 14.4. The van der Waals surface area contributed by atoms with Gasteiger partial charge >= 0.3 is 0 Å². The van der Waals surface area contributed by atoms with Crippen molar-refractivity contribution in [3.63, 3.8) is 0 Å². The summed E-state index contributed by atoms with van der Waals surface area (Å²) >= 11 is 0. The van der Waals surface area contributed by atoms with Gasteiger partial charge in [0.05, 0.1) is 0 Å². The van der Waals surface area contributed by atoms with Crippen molar-refractivity contribution in [1.82, 2.24) is 4.90 Å². The first kappa shape index (κ1) is 17.0. The number of amides is 1. The van der Waals surface area contributed by atoms with E-state index in [0.717, 1.165) is 25.9 Å². The smallest absolute Gasteiger partial charge is 0.223 e. The Morgan fingerprint density at radius 2 is 2.00 bits per heavy atom. The van der Waals surface area contributed by atoms with E-state index in [1.54, 1.807) is 0 Å². The number of benzene rings is 1. The van der Waals surface area contributed by atoms with Gasteiger partial charge in [-0.3, -0.25) is 4.79 Å². The number of carbonyl (C=O) groups excluding carboxylic acids is 1. The molecule has 3 heteroatoms. The van der Waals surface area contributed by atoms with Crippen molar-refractivity contribution in [3.8, 4) is 0 Å². The van der Waals surface area contributed by atoms with Crippen molar-refractivity contribution in [2.75, 3.05) is 6.54 Å². The van der Waals surface area contributed by atoms with E-state index in [9.17, 15) is 4.79 Å². The average Bonchev–Trinajstić information content (AvgIpc) is 2.51. The van der Waals surface area contributed by atoms with Gasteiger partial charge in [-0.1, -0.05) is 52.3 Å². The molecule has 0 aromatic heterocycles. The molecule has 0 radical (unpaired) electrons. The molecule has 0 spiro atoms. The van der Waals surface area contributed by atoms with Crippen LogP contribution in [0.3, 0.4) is 0 Å². The molecule has 1 amide bonds. The summed E-state index contributed by atoms with van der Waals surface area (Å²) in [4.78, 5) is 14.3. The number of carbonyl (C=O) groups is 1. The number of nitrogens with two attached hydrogens (primary N) is 1. The summed E-state index contributed by atoms with van der Waals surface area (Å²) in [5, 5.41) is 0. The zero-order chi connectivity index (χ0) is 16.3. The molecule has 2 rings (SSSR count). The van der Waals surface area contributed by atoms with Crippen LogP contribution >= 0.6 is 0 Å². The molecular weight excluding hydrogens is 272 g/mol. The third-order valence-corrected chi connectivity index (χ3v) is 4.82. The number of nitrogens with zero attached hydrogens (tertiary/aromatic N) is 1. The molecule has 0 aliphatic carbocycles. The molecule has 0 saturated heterocycles. The maximum atomic E-state index is 12.3. The Balaban J connectivity index is 2.14. The normalized spacial score (nSPS) is 17.3. The molecule has 1 heterocycles. The molecule has 3 nitrogen and oxygen atoms in total. The van der Waals surface area contributed by atoms with Crippen LogP contribution in [-0.2, 0) is 17.8 Å². The van der Waals surface area contributed by atoms with E-state index in [2.05, 4.69) is 45.9 Å². The van der Waals surface area contributed by atoms with Crippen LogP contribution < -0.4 is 5.73 Å². The Hall–Kier alpha value is -1.35. The van der Waals surface area contributed by atoms with Gasteiger partial charge in [-0.2, -0.15) is 0 Å². The van der Waals surface area contributed by atoms with Crippen molar-refractivity contribution >= 4 is 5.91 Å². The molecule has 0 saturated carbocycles. The van der Waals surface area contributed by atoms with Crippen molar-refractivity contribution in [2.45, 2.75) is 59.5 Å². The van der Waals surface area contributed by atoms with Crippen LogP contribution in [0.25, 0.3) is 0 Å². The van der Waals surface area contributed by atoms with Gasteiger partial charge in [-0.25, -0.2) is 0 Å². The molecule has 122 valence electrons. The number of hydrogen-bond donors (Lipinski definition) is 1. The van der Waals surface area contributed by atoms with Crippen molar-refractivity contribution in [3.05, 3.63) is 34.9 Å². The summed E-state index contributed by atoms with van der Waals surface area (Å²) in [7, 11) is 0. The monoisotopic (exact) mass is 302 g/mol. The maximum Gasteiger partial charge on any atom is 0.223 e. The van der Waals surface area contributed by atoms with Gasteiger partial charge in [-0.15, -0.1) is 0 Å². The second kappa shape index (κ2) is 7.28. The molecule has 1 aliphatic heterocycles. The molecule has 22 heavy (non-hydrogen) atoms. The highest BCUT2D eigenvalue weighted by atomic mass is 16.2. The number of fused-ring (bicyclic) bond motifs is 1. The highest BCUT2D eigenvalue weighted by Crippen LogP contribution is 2.27. The van der Waals surface area contributed by atoms with Crippen LogP contribution in [0.15, 0.2) is 18.2 Å². The fraction of sp³-hybridized carbons (Fsp3) is 0.632. The minimum atomic E-state index is 0.0806. The lowest BCUT2D eigenvalue weighted by atomic mass is 9.89. The molecule has 2 atom stereocenters. The van der Waals surface area contributed by atoms with Crippen molar-refractivity contribution in [1.29, 1.82) is 0 Å².